The largest absolute Gasteiger partial charge is 0.382 e. The minimum absolute atomic E-state index is 0.0236. The third kappa shape index (κ3) is 2.74. The molecule has 4 nitrogen and oxygen atoms in total. The van der Waals surface area contributed by atoms with E-state index in [1.54, 1.807) is 18.0 Å². The number of thioether (sulfide) groups is 1. The van der Waals surface area contributed by atoms with Gasteiger partial charge < -0.3 is 10.5 Å². The Kier molecular flexibility index (Phi) is 3.79. The van der Waals surface area contributed by atoms with Crippen molar-refractivity contribution in [2.45, 2.75) is 23.8 Å². The quantitative estimate of drug-likeness (QED) is 0.474. The van der Waals surface area contributed by atoms with E-state index in [0.29, 0.717) is 11.8 Å². The second-order valence-corrected chi connectivity index (χ2v) is 4.77. The van der Waals surface area contributed by atoms with Crippen molar-refractivity contribution in [2.75, 3.05) is 12.4 Å². The second kappa shape index (κ2) is 5.32. The van der Waals surface area contributed by atoms with Crippen LogP contribution in [0.2, 0.25) is 0 Å². The monoisotopic (exact) mass is 237 g/mol. The fourth-order valence-electron chi connectivity index (χ4n) is 1.67. The maximum atomic E-state index is 7.43. The van der Waals surface area contributed by atoms with E-state index in [4.69, 9.17) is 15.9 Å². The number of hydrogen-bond donors (Lipinski definition) is 2. The van der Waals surface area contributed by atoms with E-state index in [2.05, 4.69) is 4.98 Å². The summed E-state index contributed by atoms with van der Waals surface area (Å²) in [6.45, 7) is 0.873. The van der Waals surface area contributed by atoms with E-state index in [0.717, 1.165) is 30.1 Å². The minimum atomic E-state index is 0.0236. The van der Waals surface area contributed by atoms with Gasteiger partial charge in [-0.05, 0) is 25.0 Å². The number of nitrogens with two attached hydrogens (primary N) is 1. The van der Waals surface area contributed by atoms with Gasteiger partial charge >= 0.3 is 0 Å². The van der Waals surface area contributed by atoms with Crippen LogP contribution in [-0.2, 0) is 4.74 Å². The molecule has 1 aromatic heterocycles. The van der Waals surface area contributed by atoms with Crippen LogP contribution in [0.25, 0.3) is 0 Å². The standard InChI is InChI=1S/C11H15N3OS/c12-11(13)10-9(4-1-5-14-10)16-7-8-3-2-6-15-8/h1,4-5,8H,2-3,6-7H2,(H3,12,13). The first-order valence-electron chi connectivity index (χ1n) is 5.31. The van der Waals surface area contributed by atoms with Crippen molar-refractivity contribution in [3.05, 3.63) is 24.0 Å². The molecule has 0 aliphatic carbocycles. The van der Waals surface area contributed by atoms with Gasteiger partial charge in [0.15, 0.2) is 0 Å². The zero-order valence-corrected chi connectivity index (χ0v) is 9.80. The van der Waals surface area contributed by atoms with Gasteiger partial charge in [0.1, 0.15) is 11.5 Å². The number of pyridine rings is 1. The molecule has 0 saturated carbocycles. The Hall–Kier alpha value is -1.07. The van der Waals surface area contributed by atoms with Crippen molar-refractivity contribution in [1.29, 1.82) is 5.41 Å². The Bertz CT molecular complexity index is 377. The lowest BCUT2D eigenvalue weighted by Gasteiger charge is -2.10. The van der Waals surface area contributed by atoms with Gasteiger partial charge in [-0.2, -0.15) is 0 Å². The molecule has 0 spiro atoms. The zero-order valence-electron chi connectivity index (χ0n) is 8.98. The number of nitrogens with zero attached hydrogens (tertiary/aromatic N) is 1. The van der Waals surface area contributed by atoms with Crippen molar-refractivity contribution >= 4 is 17.6 Å². The Morgan fingerprint density at radius 1 is 1.69 bits per heavy atom. The van der Waals surface area contributed by atoms with Crippen molar-refractivity contribution in [3.63, 3.8) is 0 Å². The van der Waals surface area contributed by atoms with Gasteiger partial charge in [0.05, 0.1) is 6.10 Å². The molecular formula is C11H15N3OS. The Morgan fingerprint density at radius 3 is 3.25 bits per heavy atom. The fourth-order valence-corrected chi connectivity index (χ4v) is 2.77. The van der Waals surface area contributed by atoms with Crippen LogP contribution in [0.3, 0.4) is 0 Å². The Labute approximate surface area is 99.1 Å². The highest BCUT2D eigenvalue weighted by Gasteiger charge is 2.16. The lowest BCUT2D eigenvalue weighted by Crippen LogP contribution is -2.15. The Balaban J connectivity index is 2.00. The predicted octanol–water partition coefficient (Wildman–Crippen LogP) is 1.64. The first kappa shape index (κ1) is 11.4. The molecule has 1 atom stereocenters. The zero-order chi connectivity index (χ0) is 11.4. The van der Waals surface area contributed by atoms with Crippen LogP contribution in [0.1, 0.15) is 18.5 Å². The second-order valence-electron chi connectivity index (χ2n) is 3.71. The van der Waals surface area contributed by atoms with Crippen LogP contribution in [-0.4, -0.2) is 29.3 Å². The molecule has 1 saturated heterocycles. The first-order valence-corrected chi connectivity index (χ1v) is 6.30. The van der Waals surface area contributed by atoms with Crippen LogP contribution < -0.4 is 5.73 Å². The summed E-state index contributed by atoms with van der Waals surface area (Å²) in [5, 5.41) is 7.43. The van der Waals surface area contributed by atoms with Crippen molar-refractivity contribution < 1.29 is 4.74 Å². The normalized spacial score (nSPS) is 19.9. The van der Waals surface area contributed by atoms with Gasteiger partial charge in [-0.15, -0.1) is 11.8 Å². The van der Waals surface area contributed by atoms with E-state index < -0.39 is 0 Å². The molecule has 16 heavy (non-hydrogen) atoms. The molecule has 0 radical (unpaired) electrons. The summed E-state index contributed by atoms with van der Waals surface area (Å²) in [7, 11) is 0. The van der Waals surface area contributed by atoms with Gasteiger partial charge in [-0.1, -0.05) is 0 Å². The summed E-state index contributed by atoms with van der Waals surface area (Å²) in [6.07, 6.45) is 4.28. The van der Waals surface area contributed by atoms with Gasteiger partial charge in [-0.25, -0.2) is 0 Å². The lowest BCUT2D eigenvalue weighted by atomic mass is 10.3. The minimum Gasteiger partial charge on any atom is -0.382 e. The SMILES string of the molecule is N=C(N)c1ncccc1SCC1CCCO1. The number of nitrogens with one attached hydrogen (secondary N) is 1. The highest BCUT2D eigenvalue weighted by Crippen LogP contribution is 2.25. The van der Waals surface area contributed by atoms with Crippen molar-refractivity contribution in [3.8, 4) is 0 Å². The molecule has 2 rings (SSSR count). The smallest absolute Gasteiger partial charge is 0.142 e. The van der Waals surface area contributed by atoms with Crippen LogP contribution in [0, 0.1) is 5.41 Å². The molecule has 1 fully saturated rings. The average molecular weight is 237 g/mol. The summed E-state index contributed by atoms with van der Waals surface area (Å²) in [4.78, 5) is 5.08. The summed E-state index contributed by atoms with van der Waals surface area (Å²) in [5.41, 5.74) is 6.05. The Morgan fingerprint density at radius 2 is 2.56 bits per heavy atom. The molecule has 86 valence electrons. The summed E-state index contributed by atoms with van der Waals surface area (Å²) in [6, 6.07) is 3.81. The molecule has 5 heteroatoms. The van der Waals surface area contributed by atoms with Gasteiger partial charge in [0.25, 0.3) is 0 Å². The average Bonchev–Trinajstić information content (AvgIpc) is 2.79. The number of aromatic nitrogens is 1. The molecule has 1 aliphatic rings. The molecule has 0 amide bonds. The number of rotatable bonds is 4. The predicted molar refractivity (Wildman–Crippen MR) is 65.0 cm³/mol. The summed E-state index contributed by atoms with van der Waals surface area (Å²) >= 11 is 1.66. The maximum absolute atomic E-state index is 7.43. The fraction of sp³-hybridized carbons (Fsp3) is 0.455. The lowest BCUT2D eigenvalue weighted by molar-refractivity contribution is 0.129. The number of amidine groups is 1. The highest BCUT2D eigenvalue weighted by molar-refractivity contribution is 7.99. The van der Waals surface area contributed by atoms with Gasteiger partial charge in [0.2, 0.25) is 0 Å². The first-order chi connectivity index (χ1) is 7.77. The maximum Gasteiger partial charge on any atom is 0.142 e. The number of ether oxygens (including phenoxy) is 1. The van der Waals surface area contributed by atoms with Crippen molar-refractivity contribution in [1.82, 2.24) is 4.98 Å². The topological polar surface area (TPSA) is 72.0 Å². The third-order valence-corrected chi connectivity index (χ3v) is 3.65. The molecule has 1 aromatic rings. The number of nitrogen functional groups attached to an aromatic ring is 1. The summed E-state index contributed by atoms with van der Waals surface area (Å²) < 4.78 is 5.55. The third-order valence-electron chi connectivity index (χ3n) is 2.47. The van der Waals surface area contributed by atoms with Crippen LogP contribution in [0.15, 0.2) is 23.2 Å². The van der Waals surface area contributed by atoms with Gasteiger partial charge in [-0.3, -0.25) is 10.4 Å². The summed E-state index contributed by atoms with van der Waals surface area (Å²) in [5.74, 6) is 0.932. The van der Waals surface area contributed by atoms with E-state index in [1.807, 2.05) is 12.1 Å². The van der Waals surface area contributed by atoms with Crippen molar-refractivity contribution in [2.24, 2.45) is 5.73 Å². The molecule has 0 bridgehead atoms. The van der Waals surface area contributed by atoms with E-state index >= 15 is 0 Å². The molecule has 3 N–H and O–H groups in total. The van der Waals surface area contributed by atoms with E-state index in [9.17, 15) is 0 Å². The molecular weight excluding hydrogens is 222 g/mol. The molecule has 2 heterocycles. The van der Waals surface area contributed by atoms with Crippen LogP contribution in [0.5, 0.6) is 0 Å². The van der Waals surface area contributed by atoms with E-state index in [-0.39, 0.29) is 5.84 Å². The highest BCUT2D eigenvalue weighted by atomic mass is 32.2. The van der Waals surface area contributed by atoms with Crippen LogP contribution >= 0.6 is 11.8 Å². The molecule has 0 aromatic carbocycles. The van der Waals surface area contributed by atoms with E-state index in [1.165, 1.54) is 0 Å². The number of hydrogen-bond acceptors (Lipinski definition) is 4. The van der Waals surface area contributed by atoms with Gasteiger partial charge in [0, 0.05) is 23.5 Å². The van der Waals surface area contributed by atoms with Crippen LogP contribution in [0.4, 0.5) is 0 Å². The molecule has 1 unspecified atom stereocenters. The molecule has 1 aliphatic heterocycles.